The summed E-state index contributed by atoms with van der Waals surface area (Å²) in [7, 11) is -2.05. The minimum absolute atomic E-state index is 0.00563. The number of piperidine rings is 1. The maximum absolute atomic E-state index is 13.0. The van der Waals surface area contributed by atoms with Crippen LogP contribution in [0, 0.1) is 5.92 Å². The fourth-order valence-electron chi connectivity index (χ4n) is 4.56. The van der Waals surface area contributed by atoms with Gasteiger partial charge in [-0.1, -0.05) is 25.1 Å². The van der Waals surface area contributed by atoms with E-state index >= 15 is 0 Å². The number of hydrogen-bond acceptors (Lipinski definition) is 6. The number of carbonyl (C=O) groups is 2. The Morgan fingerprint density at radius 2 is 1.85 bits per heavy atom. The topological polar surface area (TPSA) is 96.0 Å². The maximum atomic E-state index is 13.0. The number of sulfonamides is 1. The minimum atomic E-state index is -3.68. The van der Waals surface area contributed by atoms with E-state index in [1.807, 2.05) is 24.3 Å². The van der Waals surface area contributed by atoms with Gasteiger partial charge in [0.25, 0.3) is 5.91 Å². The van der Waals surface area contributed by atoms with E-state index in [4.69, 9.17) is 4.74 Å². The number of amides is 2. The van der Waals surface area contributed by atoms with Gasteiger partial charge < -0.3 is 10.1 Å². The van der Waals surface area contributed by atoms with Gasteiger partial charge in [0.2, 0.25) is 15.9 Å². The van der Waals surface area contributed by atoms with E-state index in [0.29, 0.717) is 18.0 Å². The van der Waals surface area contributed by atoms with Crippen LogP contribution in [0.1, 0.15) is 48.1 Å². The fraction of sp³-hybridized carbons (Fsp3) is 0.440. The van der Waals surface area contributed by atoms with E-state index in [1.165, 1.54) is 12.1 Å². The summed E-state index contributed by atoms with van der Waals surface area (Å²) in [6, 6.07) is 14.1. The van der Waals surface area contributed by atoms with Crippen LogP contribution in [0.2, 0.25) is 0 Å². The average Bonchev–Trinajstić information content (AvgIpc) is 3.12. The quantitative estimate of drug-likeness (QED) is 0.648. The number of nitrogens with one attached hydrogen (secondary N) is 1. The van der Waals surface area contributed by atoms with Crippen molar-refractivity contribution in [3.05, 3.63) is 59.7 Å². The van der Waals surface area contributed by atoms with E-state index in [0.717, 1.165) is 41.5 Å². The first kappa shape index (κ1) is 24.2. The van der Waals surface area contributed by atoms with Gasteiger partial charge in [-0.2, -0.15) is 0 Å². The Hall–Kier alpha value is -2.91. The van der Waals surface area contributed by atoms with Crippen LogP contribution < -0.4 is 14.4 Å². The van der Waals surface area contributed by atoms with Crippen LogP contribution >= 0.6 is 0 Å². The van der Waals surface area contributed by atoms with Gasteiger partial charge in [-0.05, 0) is 67.7 Å². The van der Waals surface area contributed by atoms with Crippen molar-refractivity contribution in [1.82, 2.24) is 10.2 Å². The second-order valence-corrected chi connectivity index (χ2v) is 10.9. The molecule has 1 atom stereocenters. The lowest BCUT2D eigenvalue weighted by molar-refractivity contribution is -0.116. The molecule has 0 aliphatic carbocycles. The molecule has 0 spiro atoms. The van der Waals surface area contributed by atoms with Gasteiger partial charge in [0.15, 0.2) is 0 Å². The lowest BCUT2D eigenvalue weighted by Gasteiger charge is -2.37. The number of benzene rings is 2. The van der Waals surface area contributed by atoms with Crippen LogP contribution in [-0.2, 0) is 14.8 Å². The Morgan fingerprint density at radius 1 is 1.15 bits per heavy atom. The molecule has 9 heteroatoms. The van der Waals surface area contributed by atoms with E-state index in [-0.39, 0.29) is 29.8 Å². The third kappa shape index (κ3) is 5.26. The summed E-state index contributed by atoms with van der Waals surface area (Å²) in [4.78, 5) is 27.5. The largest absolute Gasteiger partial charge is 0.497 e. The molecule has 0 saturated carbocycles. The predicted octanol–water partition coefficient (Wildman–Crippen LogP) is 2.96. The molecule has 0 aromatic heterocycles. The number of hydrogen-bond donors (Lipinski definition) is 1. The molecule has 0 radical (unpaired) electrons. The lowest BCUT2D eigenvalue weighted by Crippen LogP contribution is -2.42. The lowest BCUT2D eigenvalue weighted by atomic mass is 9.95. The molecule has 2 saturated heterocycles. The van der Waals surface area contributed by atoms with Gasteiger partial charge >= 0.3 is 0 Å². The van der Waals surface area contributed by atoms with Crippen LogP contribution in [0.5, 0.6) is 5.75 Å². The van der Waals surface area contributed by atoms with Gasteiger partial charge in [0, 0.05) is 18.5 Å². The molecule has 4 rings (SSSR count). The Bertz CT molecular complexity index is 1140. The molecule has 2 aliphatic heterocycles. The van der Waals surface area contributed by atoms with Gasteiger partial charge in [-0.3, -0.25) is 14.5 Å². The van der Waals surface area contributed by atoms with Gasteiger partial charge in [-0.25, -0.2) is 12.7 Å². The van der Waals surface area contributed by atoms with Gasteiger partial charge in [0.1, 0.15) is 5.75 Å². The van der Waals surface area contributed by atoms with Gasteiger partial charge in [0.05, 0.1) is 24.6 Å². The molecule has 34 heavy (non-hydrogen) atoms. The standard InChI is InChI=1S/C25H31N3O5S/c1-18-10-13-27(14-11-18)23(19-6-8-22(33-2)9-7-19)17-26-25(30)20-4-3-5-21(16-20)28-24(29)12-15-34(28,31)32/h3-9,16,18,23H,10-15,17H2,1-2H3,(H,26,30). The number of carbonyl (C=O) groups excluding carboxylic acids is 2. The summed E-state index contributed by atoms with van der Waals surface area (Å²) in [6.45, 7) is 4.58. The van der Waals surface area contributed by atoms with Crippen molar-refractivity contribution < 1.29 is 22.7 Å². The summed E-state index contributed by atoms with van der Waals surface area (Å²) in [5.41, 5.74) is 1.61. The highest BCUT2D eigenvalue weighted by molar-refractivity contribution is 7.94. The van der Waals surface area contributed by atoms with Crippen LogP contribution in [0.3, 0.4) is 0 Å². The van der Waals surface area contributed by atoms with E-state index in [9.17, 15) is 18.0 Å². The molecular formula is C25H31N3O5S. The fourth-order valence-corrected chi connectivity index (χ4v) is 6.01. The van der Waals surface area contributed by atoms with Crippen molar-refractivity contribution in [2.45, 2.75) is 32.2 Å². The van der Waals surface area contributed by atoms with Crippen LogP contribution in [0.15, 0.2) is 48.5 Å². The SMILES string of the molecule is COc1ccc(C(CNC(=O)c2cccc(N3C(=O)CCS3(=O)=O)c2)N2CCC(C)CC2)cc1. The molecule has 2 heterocycles. The number of ether oxygens (including phenoxy) is 1. The summed E-state index contributed by atoms with van der Waals surface area (Å²) in [5.74, 6) is 0.475. The first-order valence-corrected chi connectivity index (χ1v) is 13.2. The van der Waals surface area contributed by atoms with Crippen molar-refractivity contribution in [2.75, 3.05) is 36.8 Å². The molecule has 1 N–H and O–H groups in total. The number of anilines is 1. The summed E-state index contributed by atoms with van der Waals surface area (Å²) in [5, 5.41) is 3.02. The Morgan fingerprint density at radius 3 is 2.47 bits per heavy atom. The maximum Gasteiger partial charge on any atom is 0.251 e. The highest BCUT2D eigenvalue weighted by atomic mass is 32.2. The molecular weight excluding hydrogens is 454 g/mol. The summed E-state index contributed by atoms with van der Waals surface area (Å²) < 4.78 is 30.6. The molecule has 2 fully saturated rings. The normalized spacial score (nSPS) is 19.7. The number of methoxy groups -OCH3 is 1. The monoisotopic (exact) mass is 485 g/mol. The molecule has 2 aliphatic rings. The van der Waals surface area contributed by atoms with E-state index in [1.54, 1.807) is 19.2 Å². The molecule has 182 valence electrons. The highest BCUT2D eigenvalue weighted by Crippen LogP contribution is 2.29. The molecule has 8 nitrogen and oxygen atoms in total. The number of rotatable bonds is 7. The van der Waals surface area contributed by atoms with Gasteiger partial charge in [-0.15, -0.1) is 0 Å². The second-order valence-electron chi connectivity index (χ2n) is 8.99. The van der Waals surface area contributed by atoms with Crippen molar-refractivity contribution in [3.63, 3.8) is 0 Å². The number of likely N-dealkylation sites (tertiary alicyclic amines) is 1. The Kier molecular flexibility index (Phi) is 7.23. The van der Waals surface area contributed by atoms with Crippen molar-refractivity contribution >= 4 is 27.5 Å². The molecule has 1 unspecified atom stereocenters. The highest BCUT2D eigenvalue weighted by Gasteiger charge is 2.36. The Labute approximate surface area is 200 Å². The van der Waals surface area contributed by atoms with Crippen LogP contribution in [0.25, 0.3) is 0 Å². The first-order valence-electron chi connectivity index (χ1n) is 11.6. The summed E-state index contributed by atoms with van der Waals surface area (Å²) >= 11 is 0. The molecule has 2 aromatic rings. The van der Waals surface area contributed by atoms with Crippen LogP contribution in [-0.4, -0.2) is 57.6 Å². The Balaban J connectivity index is 1.51. The zero-order valence-electron chi connectivity index (χ0n) is 19.6. The second kappa shape index (κ2) is 10.1. The van der Waals surface area contributed by atoms with E-state index in [2.05, 4.69) is 17.1 Å². The zero-order valence-corrected chi connectivity index (χ0v) is 20.4. The average molecular weight is 486 g/mol. The van der Waals surface area contributed by atoms with E-state index < -0.39 is 15.9 Å². The van der Waals surface area contributed by atoms with Crippen molar-refractivity contribution in [1.29, 1.82) is 0 Å². The third-order valence-corrected chi connectivity index (χ3v) is 8.33. The van der Waals surface area contributed by atoms with Crippen molar-refractivity contribution in [3.8, 4) is 5.75 Å². The minimum Gasteiger partial charge on any atom is -0.497 e. The smallest absolute Gasteiger partial charge is 0.251 e. The summed E-state index contributed by atoms with van der Waals surface area (Å²) in [6.07, 6.45) is 2.18. The number of nitrogens with zero attached hydrogens (tertiary/aromatic N) is 2. The first-order chi connectivity index (χ1) is 16.3. The third-order valence-electron chi connectivity index (χ3n) is 6.64. The predicted molar refractivity (Wildman–Crippen MR) is 130 cm³/mol. The zero-order chi connectivity index (χ0) is 24.3. The molecule has 2 amide bonds. The molecule has 2 aromatic carbocycles. The van der Waals surface area contributed by atoms with Crippen molar-refractivity contribution in [2.24, 2.45) is 5.92 Å². The van der Waals surface area contributed by atoms with Crippen LogP contribution in [0.4, 0.5) is 5.69 Å². The molecule has 0 bridgehead atoms.